The summed E-state index contributed by atoms with van der Waals surface area (Å²) in [5.74, 6) is 2.10. The van der Waals surface area contributed by atoms with E-state index in [1.54, 1.807) is 11.3 Å². The number of nitrogens with zero attached hydrogens (tertiary/aromatic N) is 1. The topological polar surface area (TPSA) is 31.4 Å². The summed E-state index contributed by atoms with van der Waals surface area (Å²) in [6, 6.07) is 7.57. The number of halogens is 1. The molecule has 0 bridgehead atoms. The van der Waals surface area contributed by atoms with Gasteiger partial charge in [0.05, 0.1) is 18.2 Å². The number of rotatable bonds is 6. The SMILES string of the molecule is CCOc1ccc(OCc2nc(CCl)cs2)cc1. The number of benzene rings is 1. The van der Waals surface area contributed by atoms with Crippen LogP contribution < -0.4 is 9.47 Å². The van der Waals surface area contributed by atoms with E-state index in [2.05, 4.69) is 4.98 Å². The Kier molecular flexibility index (Phi) is 4.84. The lowest BCUT2D eigenvalue weighted by Gasteiger charge is -2.06. The van der Waals surface area contributed by atoms with Crippen LogP contribution >= 0.6 is 22.9 Å². The van der Waals surface area contributed by atoms with Crippen LogP contribution in [0.2, 0.25) is 0 Å². The molecule has 0 aliphatic carbocycles. The lowest BCUT2D eigenvalue weighted by Crippen LogP contribution is -1.96. The summed E-state index contributed by atoms with van der Waals surface area (Å²) in [7, 11) is 0. The molecule has 3 nitrogen and oxygen atoms in total. The lowest BCUT2D eigenvalue weighted by molar-refractivity contribution is 0.303. The van der Waals surface area contributed by atoms with E-state index in [0.29, 0.717) is 19.1 Å². The molecule has 18 heavy (non-hydrogen) atoms. The van der Waals surface area contributed by atoms with Gasteiger partial charge in [-0.2, -0.15) is 0 Å². The standard InChI is InChI=1S/C13H14ClNO2S/c1-2-16-11-3-5-12(6-4-11)17-8-13-15-10(7-14)9-18-13/h3-6,9H,2,7-8H2,1H3. The number of hydrogen-bond acceptors (Lipinski definition) is 4. The summed E-state index contributed by atoms with van der Waals surface area (Å²) >= 11 is 7.25. The zero-order chi connectivity index (χ0) is 12.8. The third kappa shape index (κ3) is 3.62. The monoisotopic (exact) mass is 283 g/mol. The molecule has 0 radical (unpaired) electrons. The van der Waals surface area contributed by atoms with Crippen molar-refractivity contribution in [3.8, 4) is 11.5 Å². The minimum absolute atomic E-state index is 0.444. The molecule has 0 saturated carbocycles. The number of thiazole rings is 1. The highest BCUT2D eigenvalue weighted by molar-refractivity contribution is 7.09. The van der Waals surface area contributed by atoms with Gasteiger partial charge in [-0.1, -0.05) is 0 Å². The number of ether oxygens (including phenoxy) is 2. The van der Waals surface area contributed by atoms with Crippen LogP contribution in [-0.2, 0) is 12.5 Å². The average Bonchev–Trinajstić information content (AvgIpc) is 2.86. The Morgan fingerprint density at radius 3 is 2.39 bits per heavy atom. The second kappa shape index (κ2) is 6.61. The molecule has 0 amide bonds. The molecule has 0 aliphatic heterocycles. The van der Waals surface area contributed by atoms with Gasteiger partial charge in [0.2, 0.25) is 0 Å². The Labute approximate surface area is 115 Å². The molecule has 1 aromatic carbocycles. The quantitative estimate of drug-likeness (QED) is 0.755. The van der Waals surface area contributed by atoms with Gasteiger partial charge in [0.15, 0.2) is 0 Å². The van der Waals surface area contributed by atoms with Crippen molar-refractivity contribution in [1.29, 1.82) is 0 Å². The predicted molar refractivity (Wildman–Crippen MR) is 73.6 cm³/mol. The fourth-order valence-electron chi connectivity index (χ4n) is 1.42. The summed E-state index contributed by atoms with van der Waals surface area (Å²) < 4.78 is 11.0. The first kappa shape index (κ1) is 13.2. The third-order valence-electron chi connectivity index (χ3n) is 2.23. The largest absolute Gasteiger partial charge is 0.494 e. The summed E-state index contributed by atoms with van der Waals surface area (Å²) in [4.78, 5) is 4.33. The first-order chi connectivity index (χ1) is 8.81. The first-order valence-electron chi connectivity index (χ1n) is 5.66. The van der Waals surface area contributed by atoms with Crippen molar-refractivity contribution >= 4 is 22.9 Å². The van der Waals surface area contributed by atoms with E-state index in [1.807, 2.05) is 36.6 Å². The third-order valence-corrected chi connectivity index (χ3v) is 3.38. The van der Waals surface area contributed by atoms with Gasteiger partial charge in [-0.05, 0) is 31.2 Å². The molecule has 2 rings (SSSR count). The smallest absolute Gasteiger partial charge is 0.140 e. The average molecular weight is 284 g/mol. The molecule has 0 saturated heterocycles. The van der Waals surface area contributed by atoms with Crippen LogP contribution in [0.4, 0.5) is 0 Å². The fraction of sp³-hybridized carbons (Fsp3) is 0.308. The molecular formula is C13H14ClNO2S. The van der Waals surface area contributed by atoms with E-state index in [0.717, 1.165) is 22.2 Å². The van der Waals surface area contributed by atoms with E-state index in [-0.39, 0.29) is 0 Å². The maximum absolute atomic E-state index is 5.69. The number of hydrogen-bond donors (Lipinski definition) is 0. The van der Waals surface area contributed by atoms with E-state index in [1.165, 1.54) is 0 Å². The van der Waals surface area contributed by atoms with Crippen LogP contribution in [0.1, 0.15) is 17.6 Å². The molecular weight excluding hydrogens is 270 g/mol. The molecule has 0 unspecified atom stereocenters. The van der Waals surface area contributed by atoms with Gasteiger partial charge in [0.1, 0.15) is 23.1 Å². The number of aromatic nitrogens is 1. The van der Waals surface area contributed by atoms with Crippen molar-refractivity contribution in [2.24, 2.45) is 0 Å². The van der Waals surface area contributed by atoms with E-state index >= 15 is 0 Å². The minimum atomic E-state index is 0.444. The molecule has 0 atom stereocenters. The van der Waals surface area contributed by atoms with Crippen LogP contribution in [0.25, 0.3) is 0 Å². The Bertz CT molecular complexity index is 484. The highest BCUT2D eigenvalue weighted by atomic mass is 35.5. The maximum Gasteiger partial charge on any atom is 0.140 e. The van der Waals surface area contributed by atoms with Crippen LogP contribution in [0.3, 0.4) is 0 Å². The van der Waals surface area contributed by atoms with Gasteiger partial charge >= 0.3 is 0 Å². The second-order valence-electron chi connectivity index (χ2n) is 3.56. The van der Waals surface area contributed by atoms with Crippen molar-refractivity contribution in [1.82, 2.24) is 4.98 Å². The zero-order valence-corrected chi connectivity index (χ0v) is 11.6. The zero-order valence-electron chi connectivity index (χ0n) is 10.1. The maximum atomic E-state index is 5.69. The molecule has 0 aliphatic rings. The van der Waals surface area contributed by atoms with Gasteiger partial charge in [-0.3, -0.25) is 0 Å². The Morgan fingerprint density at radius 1 is 1.17 bits per heavy atom. The molecule has 5 heteroatoms. The molecule has 2 aromatic rings. The van der Waals surface area contributed by atoms with Crippen molar-refractivity contribution in [3.63, 3.8) is 0 Å². The van der Waals surface area contributed by atoms with Crippen LogP contribution in [-0.4, -0.2) is 11.6 Å². The van der Waals surface area contributed by atoms with Gasteiger partial charge in [0, 0.05) is 5.38 Å². The van der Waals surface area contributed by atoms with Crippen LogP contribution in [0.15, 0.2) is 29.6 Å². The van der Waals surface area contributed by atoms with Crippen molar-refractivity contribution in [3.05, 3.63) is 40.3 Å². The molecule has 1 heterocycles. The van der Waals surface area contributed by atoms with E-state index < -0.39 is 0 Å². The van der Waals surface area contributed by atoms with Gasteiger partial charge < -0.3 is 9.47 Å². The summed E-state index contributed by atoms with van der Waals surface area (Å²) in [6.07, 6.45) is 0. The van der Waals surface area contributed by atoms with Crippen molar-refractivity contribution < 1.29 is 9.47 Å². The van der Waals surface area contributed by atoms with Crippen molar-refractivity contribution in [2.75, 3.05) is 6.61 Å². The molecule has 0 spiro atoms. The Hall–Kier alpha value is -1.26. The Balaban J connectivity index is 1.89. The van der Waals surface area contributed by atoms with Gasteiger partial charge in [-0.25, -0.2) is 4.98 Å². The van der Waals surface area contributed by atoms with Crippen LogP contribution in [0, 0.1) is 0 Å². The van der Waals surface area contributed by atoms with E-state index in [9.17, 15) is 0 Å². The normalized spacial score (nSPS) is 10.3. The summed E-state index contributed by atoms with van der Waals surface area (Å²) in [6.45, 7) is 3.09. The highest BCUT2D eigenvalue weighted by Gasteiger charge is 2.02. The predicted octanol–water partition coefficient (Wildman–Crippen LogP) is 3.86. The highest BCUT2D eigenvalue weighted by Crippen LogP contribution is 2.19. The molecule has 96 valence electrons. The lowest BCUT2D eigenvalue weighted by atomic mass is 10.3. The Morgan fingerprint density at radius 2 is 1.83 bits per heavy atom. The summed E-state index contributed by atoms with van der Waals surface area (Å²) in [5.41, 5.74) is 0.895. The first-order valence-corrected chi connectivity index (χ1v) is 7.08. The molecule has 1 aromatic heterocycles. The summed E-state index contributed by atoms with van der Waals surface area (Å²) in [5, 5.41) is 2.88. The van der Waals surface area contributed by atoms with Crippen molar-refractivity contribution in [2.45, 2.75) is 19.4 Å². The minimum Gasteiger partial charge on any atom is -0.494 e. The van der Waals surface area contributed by atoms with Gasteiger partial charge in [0.25, 0.3) is 0 Å². The van der Waals surface area contributed by atoms with Gasteiger partial charge in [-0.15, -0.1) is 22.9 Å². The second-order valence-corrected chi connectivity index (χ2v) is 4.77. The molecule has 0 N–H and O–H groups in total. The van der Waals surface area contributed by atoms with Crippen LogP contribution in [0.5, 0.6) is 11.5 Å². The fourth-order valence-corrected chi connectivity index (χ4v) is 2.35. The molecule has 0 fully saturated rings. The van der Waals surface area contributed by atoms with E-state index in [4.69, 9.17) is 21.1 Å². The number of alkyl halides is 1.